The molecule has 2 N–H and O–H groups in total. The Morgan fingerprint density at radius 3 is 2.86 bits per heavy atom. The van der Waals surface area contributed by atoms with Gasteiger partial charge in [-0.2, -0.15) is 0 Å². The largest absolute Gasteiger partial charge is 0.467 e. The zero-order chi connectivity index (χ0) is 15.1. The quantitative estimate of drug-likeness (QED) is 0.743. The fourth-order valence-electron chi connectivity index (χ4n) is 1.89. The molecule has 0 aliphatic rings. The number of ether oxygens (including phenoxy) is 1. The number of esters is 1. The van der Waals surface area contributed by atoms with Gasteiger partial charge in [0, 0.05) is 30.7 Å². The van der Waals surface area contributed by atoms with Gasteiger partial charge in [-0.15, -0.1) is 0 Å². The van der Waals surface area contributed by atoms with E-state index in [1.807, 2.05) is 0 Å². The molecule has 110 valence electrons. The maximum absolute atomic E-state index is 12.0. The zero-order valence-electron chi connectivity index (χ0n) is 11.6. The third kappa shape index (κ3) is 4.41. The summed E-state index contributed by atoms with van der Waals surface area (Å²) in [5, 5.41) is 2.67. The topological polar surface area (TPSA) is 97.0 Å². The second-order valence-electron chi connectivity index (χ2n) is 4.46. The number of aromatic nitrogens is 3. The first kappa shape index (κ1) is 14.7. The second kappa shape index (κ2) is 7.18. The van der Waals surface area contributed by atoms with Gasteiger partial charge in [-0.1, -0.05) is 6.07 Å². The summed E-state index contributed by atoms with van der Waals surface area (Å²) in [6.45, 7) is 0. The molecule has 0 radical (unpaired) electrons. The van der Waals surface area contributed by atoms with Crippen LogP contribution in [0.2, 0.25) is 0 Å². The molecule has 2 aromatic heterocycles. The van der Waals surface area contributed by atoms with Crippen LogP contribution in [-0.4, -0.2) is 40.0 Å². The predicted molar refractivity (Wildman–Crippen MR) is 74.2 cm³/mol. The van der Waals surface area contributed by atoms with Gasteiger partial charge in [0.2, 0.25) is 5.91 Å². The molecule has 0 fully saturated rings. The van der Waals surface area contributed by atoms with Crippen LogP contribution < -0.4 is 5.32 Å². The summed E-state index contributed by atoms with van der Waals surface area (Å²) in [6, 6.07) is 2.80. The Labute approximate surface area is 121 Å². The minimum Gasteiger partial charge on any atom is -0.467 e. The Kier molecular flexibility index (Phi) is 5.03. The Morgan fingerprint density at radius 1 is 1.38 bits per heavy atom. The van der Waals surface area contributed by atoms with Crippen molar-refractivity contribution in [2.24, 2.45) is 0 Å². The van der Waals surface area contributed by atoms with Gasteiger partial charge in [0.05, 0.1) is 19.9 Å². The lowest BCUT2D eigenvalue weighted by atomic mass is 10.1. The van der Waals surface area contributed by atoms with Gasteiger partial charge >= 0.3 is 5.97 Å². The number of nitrogens with zero attached hydrogens (tertiary/aromatic N) is 2. The summed E-state index contributed by atoms with van der Waals surface area (Å²) in [7, 11) is 1.29. The molecule has 0 spiro atoms. The highest BCUT2D eigenvalue weighted by Gasteiger charge is 2.22. The molecule has 0 aliphatic carbocycles. The van der Waals surface area contributed by atoms with Crippen molar-refractivity contribution >= 4 is 11.9 Å². The van der Waals surface area contributed by atoms with Crippen LogP contribution in [0.4, 0.5) is 0 Å². The highest BCUT2D eigenvalue weighted by Crippen LogP contribution is 2.02. The molecular formula is C14H16N4O3. The van der Waals surface area contributed by atoms with Gasteiger partial charge in [0.15, 0.2) is 0 Å². The van der Waals surface area contributed by atoms with Crippen LogP contribution >= 0.6 is 0 Å². The number of carbonyl (C=O) groups excluding carboxylic acids is 2. The SMILES string of the molecule is COC(=O)[C@H](Cc1cnc[nH]1)NC(=O)Cc1cccnc1. The number of methoxy groups -OCH3 is 1. The minimum atomic E-state index is -0.750. The van der Waals surface area contributed by atoms with Crippen molar-refractivity contribution in [3.8, 4) is 0 Å². The number of imidazole rings is 1. The summed E-state index contributed by atoms with van der Waals surface area (Å²) in [5.41, 5.74) is 1.52. The van der Waals surface area contributed by atoms with Gasteiger partial charge in [0.25, 0.3) is 0 Å². The van der Waals surface area contributed by atoms with Crippen LogP contribution in [0.1, 0.15) is 11.3 Å². The first-order chi connectivity index (χ1) is 10.2. The van der Waals surface area contributed by atoms with Crippen LogP contribution in [0.25, 0.3) is 0 Å². The number of hydrogen-bond donors (Lipinski definition) is 2. The van der Waals surface area contributed by atoms with E-state index in [1.54, 1.807) is 30.7 Å². The molecule has 2 rings (SSSR count). The first-order valence-electron chi connectivity index (χ1n) is 6.42. The van der Waals surface area contributed by atoms with Gasteiger partial charge in [0.1, 0.15) is 6.04 Å². The Bertz CT molecular complexity index is 584. The van der Waals surface area contributed by atoms with Crippen molar-refractivity contribution in [1.82, 2.24) is 20.3 Å². The molecule has 0 saturated carbocycles. The van der Waals surface area contributed by atoms with Crippen LogP contribution in [-0.2, 0) is 27.2 Å². The number of nitrogens with one attached hydrogen (secondary N) is 2. The Hall–Kier alpha value is -2.70. The average Bonchev–Trinajstić information content (AvgIpc) is 2.99. The monoisotopic (exact) mass is 288 g/mol. The molecular weight excluding hydrogens is 272 g/mol. The van der Waals surface area contributed by atoms with Crippen molar-refractivity contribution in [2.75, 3.05) is 7.11 Å². The molecule has 1 atom stereocenters. The maximum Gasteiger partial charge on any atom is 0.328 e. The number of H-pyrrole nitrogens is 1. The van der Waals surface area contributed by atoms with E-state index in [0.717, 1.165) is 11.3 Å². The molecule has 1 amide bonds. The summed E-state index contributed by atoms with van der Waals surface area (Å²) in [6.07, 6.45) is 6.82. The molecule has 0 saturated heterocycles. The van der Waals surface area contributed by atoms with Crippen molar-refractivity contribution in [3.05, 3.63) is 48.3 Å². The number of amides is 1. The highest BCUT2D eigenvalue weighted by molar-refractivity contribution is 5.85. The molecule has 7 heteroatoms. The summed E-state index contributed by atoms with van der Waals surface area (Å²) in [5.74, 6) is -0.762. The van der Waals surface area contributed by atoms with Gasteiger partial charge in [-0.25, -0.2) is 9.78 Å². The van der Waals surface area contributed by atoms with E-state index in [4.69, 9.17) is 4.74 Å². The average molecular weight is 288 g/mol. The van der Waals surface area contributed by atoms with E-state index in [-0.39, 0.29) is 12.3 Å². The smallest absolute Gasteiger partial charge is 0.328 e. The van der Waals surface area contributed by atoms with Gasteiger partial charge in [-0.05, 0) is 11.6 Å². The molecule has 0 aromatic carbocycles. The Morgan fingerprint density at radius 2 is 2.24 bits per heavy atom. The van der Waals surface area contributed by atoms with E-state index in [1.165, 1.54) is 13.4 Å². The van der Waals surface area contributed by atoms with Gasteiger partial charge in [-0.3, -0.25) is 9.78 Å². The number of aromatic amines is 1. The summed E-state index contributed by atoms with van der Waals surface area (Å²) in [4.78, 5) is 34.5. The van der Waals surface area contributed by atoms with Crippen molar-refractivity contribution in [2.45, 2.75) is 18.9 Å². The molecule has 0 unspecified atom stereocenters. The Balaban J connectivity index is 1.97. The van der Waals surface area contributed by atoms with E-state index in [2.05, 4.69) is 20.3 Å². The predicted octanol–water partition coefficient (Wildman–Crippen LogP) is 0.248. The van der Waals surface area contributed by atoms with Gasteiger partial charge < -0.3 is 15.0 Å². The minimum absolute atomic E-state index is 0.157. The first-order valence-corrected chi connectivity index (χ1v) is 6.42. The van der Waals surface area contributed by atoms with Crippen molar-refractivity contribution in [3.63, 3.8) is 0 Å². The lowest BCUT2D eigenvalue weighted by molar-refractivity contribution is -0.145. The molecule has 21 heavy (non-hydrogen) atoms. The van der Waals surface area contributed by atoms with E-state index < -0.39 is 12.0 Å². The van der Waals surface area contributed by atoms with E-state index in [9.17, 15) is 9.59 Å². The number of carbonyl (C=O) groups is 2. The standard InChI is InChI=1S/C14H16N4O3/c1-21-14(20)12(6-11-8-16-9-17-11)18-13(19)5-10-3-2-4-15-7-10/h2-4,7-9,12H,5-6H2,1H3,(H,16,17)(H,18,19)/t12-/m0/s1. The van der Waals surface area contributed by atoms with Crippen LogP contribution in [0.3, 0.4) is 0 Å². The summed E-state index contributed by atoms with van der Waals surface area (Å²) < 4.78 is 4.71. The second-order valence-corrected chi connectivity index (χ2v) is 4.46. The molecule has 2 aromatic rings. The van der Waals surface area contributed by atoms with Crippen LogP contribution in [0.15, 0.2) is 37.1 Å². The van der Waals surface area contributed by atoms with Crippen LogP contribution in [0.5, 0.6) is 0 Å². The van der Waals surface area contributed by atoms with Crippen molar-refractivity contribution in [1.29, 1.82) is 0 Å². The fourth-order valence-corrected chi connectivity index (χ4v) is 1.89. The van der Waals surface area contributed by atoms with Crippen LogP contribution in [0, 0.1) is 0 Å². The zero-order valence-corrected chi connectivity index (χ0v) is 11.6. The van der Waals surface area contributed by atoms with E-state index in [0.29, 0.717) is 6.42 Å². The normalized spacial score (nSPS) is 11.7. The third-order valence-corrected chi connectivity index (χ3v) is 2.89. The summed E-state index contributed by atoms with van der Waals surface area (Å²) >= 11 is 0. The number of rotatable bonds is 6. The maximum atomic E-state index is 12.0. The van der Waals surface area contributed by atoms with E-state index >= 15 is 0 Å². The molecule has 0 bridgehead atoms. The number of hydrogen-bond acceptors (Lipinski definition) is 5. The molecule has 2 heterocycles. The number of pyridine rings is 1. The lowest BCUT2D eigenvalue weighted by Gasteiger charge is -2.15. The molecule has 0 aliphatic heterocycles. The fraction of sp³-hybridized carbons (Fsp3) is 0.286. The third-order valence-electron chi connectivity index (χ3n) is 2.89. The van der Waals surface area contributed by atoms with Crippen molar-refractivity contribution < 1.29 is 14.3 Å². The lowest BCUT2D eigenvalue weighted by Crippen LogP contribution is -2.43. The molecule has 7 nitrogen and oxygen atoms in total. The highest BCUT2D eigenvalue weighted by atomic mass is 16.5.